The van der Waals surface area contributed by atoms with Crippen LogP contribution in [0.3, 0.4) is 0 Å². The minimum Gasteiger partial charge on any atom is -0.394 e. The SMILES string of the molecule is Cc1ccccc1NC(C)(CO)CC1CC1. The Labute approximate surface area is 97.7 Å². The first-order valence-electron chi connectivity index (χ1n) is 6.08. The largest absolute Gasteiger partial charge is 0.394 e. The highest BCUT2D eigenvalue weighted by Gasteiger charge is 2.33. The summed E-state index contributed by atoms with van der Waals surface area (Å²) in [5.74, 6) is 0.814. The minimum atomic E-state index is -0.173. The number of aliphatic hydroxyl groups excluding tert-OH is 1. The summed E-state index contributed by atoms with van der Waals surface area (Å²) in [6, 6.07) is 8.25. The van der Waals surface area contributed by atoms with E-state index in [-0.39, 0.29) is 12.1 Å². The van der Waals surface area contributed by atoms with Gasteiger partial charge in [-0.25, -0.2) is 0 Å². The Morgan fingerprint density at radius 1 is 1.38 bits per heavy atom. The van der Waals surface area contributed by atoms with Crippen LogP contribution in [-0.4, -0.2) is 17.3 Å². The third kappa shape index (κ3) is 2.76. The van der Waals surface area contributed by atoms with E-state index in [0.717, 1.165) is 18.0 Å². The number of hydrogen-bond donors (Lipinski definition) is 2. The molecule has 0 aromatic heterocycles. The third-order valence-corrected chi connectivity index (χ3v) is 3.37. The van der Waals surface area contributed by atoms with Gasteiger partial charge in [0.05, 0.1) is 12.1 Å². The van der Waals surface area contributed by atoms with E-state index in [0.29, 0.717) is 0 Å². The Bertz CT molecular complexity index is 360. The minimum absolute atomic E-state index is 0.173. The van der Waals surface area contributed by atoms with Crippen molar-refractivity contribution in [1.82, 2.24) is 0 Å². The molecule has 1 aromatic rings. The number of hydrogen-bond acceptors (Lipinski definition) is 2. The van der Waals surface area contributed by atoms with Crippen molar-refractivity contribution >= 4 is 5.69 Å². The first-order valence-corrected chi connectivity index (χ1v) is 6.08. The predicted molar refractivity (Wildman–Crippen MR) is 67.6 cm³/mol. The van der Waals surface area contributed by atoms with Crippen LogP contribution in [0.4, 0.5) is 5.69 Å². The Morgan fingerprint density at radius 3 is 2.62 bits per heavy atom. The van der Waals surface area contributed by atoms with Crippen molar-refractivity contribution in [2.45, 2.75) is 38.6 Å². The van der Waals surface area contributed by atoms with Crippen LogP contribution in [0.1, 0.15) is 31.7 Å². The second kappa shape index (κ2) is 4.46. The van der Waals surface area contributed by atoms with E-state index in [1.54, 1.807) is 0 Å². The van der Waals surface area contributed by atoms with Crippen molar-refractivity contribution in [1.29, 1.82) is 0 Å². The van der Waals surface area contributed by atoms with E-state index in [4.69, 9.17) is 0 Å². The fraction of sp³-hybridized carbons (Fsp3) is 0.571. The molecule has 0 saturated heterocycles. The molecule has 0 bridgehead atoms. The van der Waals surface area contributed by atoms with Crippen molar-refractivity contribution < 1.29 is 5.11 Å². The van der Waals surface area contributed by atoms with Crippen LogP contribution in [0.5, 0.6) is 0 Å². The molecule has 1 aliphatic carbocycles. The number of nitrogens with one attached hydrogen (secondary N) is 1. The summed E-state index contributed by atoms with van der Waals surface area (Å²) >= 11 is 0. The van der Waals surface area contributed by atoms with Crippen LogP contribution in [-0.2, 0) is 0 Å². The zero-order chi connectivity index (χ0) is 11.6. The normalized spacial score (nSPS) is 19.2. The van der Waals surface area contributed by atoms with Crippen LogP contribution in [0, 0.1) is 12.8 Å². The monoisotopic (exact) mass is 219 g/mol. The molecule has 0 amide bonds. The Hall–Kier alpha value is -1.02. The van der Waals surface area contributed by atoms with Gasteiger partial charge in [0.1, 0.15) is 0 Å². The van der Waals surface area contributed by atoms with Gasteiger partial charge < -0.3 is 10.4 Å². The number of para-hydroxylation sites is 1. The van der Waals surface area contributed by atoms with E-state index >= 15 is 0 Å². The van der Waals surface area contributed by atoms with E-state index in [1.807, 2.05) is 12.1 Å². The van der Waals surface area contributed by atoms with Gasteiger partial charge in [-0.2, -0.15) is 0 Å². The lowest BCUT2D eigenvalue weighted by Crippen LogP contribution is -2.39. The molecular weight excluding hydrogens is 198 g/mol. The Kier molecular flexibility index (Phi) is 3.20. The highest BCUT2D eigenvalue weighted by atomic mass is 16.3. The van der Waals surface area contributed by atoms with Crippen LogP contribution < -0.4 is 5.32 Å². The molecule has 16 heavy (non-hydrogen) atoms. The second-order valence-electron chi connectivity index (χ2n) is 5.31. The Balaban J connectivity index is 2.07. The maximum absolute atomic E-state index is 9.55. The van der Waals surface area contributed by atoms with Gasteiger partial charge in [-0.15, -0.1) is 0 Å². The zero-order valence-corrected chi connectivity index (χ0v) is 10.2. The summed E-state index contributed by atoms with van der Waals surface area (Å²) in [7, 11) is 0. The first kappa shape index (κ1) is 11.5. The quantitative estimate of drug-likeness (QED) is 0.798. The van der Waals surface area contributed by atoms with Gasteiger partial charge in [0.2, 0.25) is 0 Å². The lowest BCUT2D eigenvalue weighted by molar-refractivity contribution is 0.209. The number of anilines is 1. The summed E-state index contributed by atoms with van der Waals surface area (Å²) in [5, 5.41) is 13.0. The average Bonchev–Trinajstić information content (AvgIpc) is 3.05. The summed E-state index contributed by atoms with van der Waals surface area (Å²) in [5.41, 5.74) is 2.20. The maximum atomic E-state index is 9.55. The summed E-state index contributed by atoms with van der Waals surface area (Å²) in [6.45, 7) is 4.40. The predicted octanol–water partition coefficient (Wildman–Crippen LogP) is 2.96. The maximum Gasteiger partial charge on any atom is 0.0658 e. The van der Waals surface area contributed by atoms with Crippen LogP contribution in [0.15, 0.2) is 24.3 Å². The molecule has 1 saturated carbocycles. The Morgan fingerprint density at radius 2 is 2.06 bits per heavy atom. The fourth-order valence-corrected chi connectivity index (χ4v) is 2.15. The smallest absolute Gasteiger partial charge is 0.0658 e. The van der Waals surface area contributed by atoms with E-state index in [2.05, 4.69) is 31.3 Å². The molecule has 2 rings (SSSR count). The van der Waals surface area contributed by atoms with Gasteiger partial charge in [-0.05, 0) is 37.8 Å². The molecule has 2 N–H and O–H groups in total. The van der Waals surface area contributed by atoms with Gasteiger partial charge in [0.15, 0.2) is 0 Å². The lowest BCUT2D eigenvalue weighted by Gasteiger charge is -2.31. The van der Waals surface area contributed by atoms with Crippen molar-refractivity contribution in [3.63, 3.8) is 0 Å². The van der Waals surface area contributed by atoms with Crippen molar-refractivity contribution in [2.75, 3.05) is 11.9 Å². The zero-order valence-electron chi connectivity index (χ0n) is 10.2. The van der Waals surface area contributed by atoms with E-state index in [1.165, 1.54) is 18.4 Å². The molecule has 0 aliphatic heterocycles. The van der Waals surface area contributed by atoms with Crippen LogP contribution in [0.25, 0.3) is 0 Å². The summed E-state index contributed by atoms with van der Waals surface area (Å²) in [6.07, 6.45) is 3.72. The van der Waals surface area contributed by atoms with Crippen molar-refractivity contribution in [3.05, 3.63) is 29.8 Å². The van der Waals surface area contributed by atoms with Gasteiger partial charge in [-0.3, -0.25) is 0 Å². The molecule has 1 aromatic carbocycles. The molecule has 1 unspecified atom stereocenters. The standard InChI is InChI=1S/C14H21NO/c1-11-5-3-4-6-13(11)15-14(2,10-16)9-12-7-8-12/h3-6,12,15-16H,7-10H2,1-2H3. The number of aliphatic hydroxyl groups is 1. The molecule has 1 aliphatic rings. The first-order chi connectivity index (χ1) is 7.63. The molecule has 1 atom stereocenters. The molecule has 1 fully saturated rings. The lowest BCUT2D eigenvalue weighted by atomic mass is 9.95. The highest BCUT2D eigenvalue weighted by molar-refractivity contribution is 5.52. The van der Waals surface area contributed by atoms with Crippen molar-refractivity contribution in [2.24, 2.45) is 5.92 Å². The fourth-order valence-electron chi connectivity index (χ4n) is 2.15. The van der Waals surface area contributed by atoms with Crippen LogP contribution >= 0.6 is 0 Å². The summed E-state index contributed by atoms with van der Waals surface area (Å²) < 4.78 is 0. The van der Waals surface area contributed by atoms with Gasteiger partial charge >= 0.3 is 0 Å². The average molecular weight is 219 g/mol. The molecule has 0 heterocycles. The van der Waals surface area contributed by atoms with Gasteiger partial charge in [-0.1, -0.05) is 31.0 Å². The molecule has 0 spiro atoms. The van der Waals surface area contributed by atoms with E-state index in [9.17, 15) is 5.11 Å². The molecule has 2 nitrogen and oxygen atoms in total. The molecule has 2 heteroatoms. The molecule has 0 radical (unpaired) electrons. The second-order valence-corrected chi connectivity index (χ2v) is 5.31. The highest BCUT2D eigenvalue weighted by Crippen LogP contribution is 2.38. The topological polar surface area (TPSA) is 32.3 Å². The van der Waals surface area contributed by atoms with Gasteiger partial charge in [0.25, 0.3) is 0 Å². The summed E-state index contributed by atoms with van der Waals surface area (Å²) in [4.78, 5) is 0. The van der Waals surface area contributed by atoms with Gasteiger partial charge in [0, 0.05) is 5.69 Å². The molecular formula is C14H21NO. The molecule has 88 valence electrons. The number of aryl methyl sites for hydroxylation is 1. The van der Waals surface area contributed by atoms with Crippen LogP contribution in [0.2, 0.25) is 0 Å². The van der Waals surface area contributed by atoms with E-state index < -0.39 is 0 Å². The number of benzene rings is 1. The third-order valence-electron chi connectivity index (χ3n) is 3.37. The number of rotatable bonds is 5. The van der Waals surface area contributed by atoms with Crippen molar-refractivity contribution in [3.8, 4) is 0 Å².